The molecule has 0 saturated heterocycles. The average Bonchev–Trinajstić information content (AvgIpc) is 2.50. The summed E-state index contributed by atoms with van der Waals surface area (Å²) in [7, 11) is 1.63. The number of fused-ring (bicyclic) bond motifs is 1. The van der Waals surface area contributed by atoms with E-state index in [0.29, 0.717) is 6.61 Å². The molecular weight excluding hydrogens is 218 g/mol. The van der Waals surface area contributed by atoms with E-state index in [-0.39, 0.29) is 11.9 Å². The van der Waals surface area contributed by atoms with Crippen molar-refractivity contribution in [3.63, 3.8) is 0 Å². The number of carbonyl (C=O) groups is 1. The Kier molecular flexibility index (Phi) is 3.52. The van der Waals surface area contributed by atoms with Crippen LogP contribution in [0.2, 0.25) is 0 Å². The van der Waals surface area contributed by atoms with Gasteiger partial charge in [-0.2, -0.15) is 0 Å². The topological polar surface area (TPSA) is 47.6 Å². The van der Waals surface area contributed by atoms with E-state index in [1.807, 2.05) is 18.2 Å². The molecular formula is C13H17NO3. The Balaban J connectivity index is 2.31. The minimum atomic E-state index is -0.0151. The van der Waals surface area contributed by atoms with Gasteiger partial charge < -0.3 is 14.8 Å². The van der Waals surface area contributed by atoms with Crippen LogP contribution in [0.4, 0.5) is 0 Å². The highest BCUT2D eigenvalue weighted by Crippen LogP contribution is 2.34. The molecule has 0 radical (unpaired) electrons. The first-order valence-corrected chi connectivity index (χ1v) is 5.78. The maximum Gasteiger partial charge on any atom is 0.217 e. The standard InChI is InChI=1S/C13H17NO3/c1-9(15)14-12-4-3-7-17-13-8-10(16-2)5-6-11(12)13/h5-6,8,12H,3-4,7H2,1-2H3,(H,14,15). The van der Waals surface area contributed by atoms with Gasteiger partial charge in [0.25, 0.3) is 0 Å². The van der Waals surface area contributed by atoms with Gasteiger partial charge in [-0.3, -0.25) is 4.79 Å². The SMILES string of the molecule is COc1ccc2c(c1)OCCCC2NC(C)=O. The summed E-state index contributed by atoms with van der Waals surface area (Å²) in [6.45, 7) is 2.21. The van der Waals surface area contributed by atoms with Gasteiger partial charge in [0.05, 0.1) is 19.8 Å². The number of amides is 1. The first kappa shape index (κ1) is 11.8. The Morgan fingerprint density at radius 2 is 2.35 bits per heavy atom. The Bertz CT molecular complexity index is 417. The fourth-order valence-corrected chi connectivity index (χ4v) is 2.07. The van der Waals surface area contributed by atoms with Gasteiger partial charge in [-0.05, 0) is 25.0 Å². The van der Waals surface area contributed by atoms with Crippen LogP contribution in [-0.4, -0.2) is 19.6 Å². The van der Waals surface area contributed by atoms with Crippen LogP contribution < -0.4 is 14.8 Å². The molecule has 0 bridgehead atoms. The van der Waals surface area contributed by atoms with Gasteiger partial charge in [-0.1, -0.05) is 0 Å². The molecule has 0 saturated carbocycles. The van der Waals surface area contributed by atoms with Crippen molar-refractivity contribution in [3.05, 3.63) is 23.8 Å². The number of hydrogen-bond acceptors (Lipinski definition) is 3. The van der Waals surface area contributed by atoms with Crippen molar-refractivity contribution in [1.82, 2.24) is 5.32 Å². The monoisotopic (exact) mass is 235 g/mol. The van der Waals surface area contributed by atoms with E-state index in [4.69, 9.17) is 9.47 Å². The van der Waals surface area contributed by atoms with Gasteiger partial charge in [-0.25, -0.2) is 0 Å². The quantitative estimate of drug-likeness (QED) is 0.853. The molecule has 0 aromatic heterocycles. The zero-order valence-electron chi connectivity index (χ0n) is 10.2. The summed E-state index contributed by atoms with van der Waals surface area (Å²) in [4.78, 5) is 11.2. The number of rotatable bonds is 2. The zero-order chi connectivity index (χ0) is 12.3. The van der Waals surface area contributed by atoms with Crippen molar-refractivity contribution in [1.29, 1.82) is 0 Å². The molecule has 1 aromatic rings. The lowest BCUT2D eigenvalue weighted by molar-refractivity contribution is -0.119. The van der Waals surface area contributed by atoms with Crippen molar-refractivity contribution in [2.45, 2.75) is 25.8 Å². The van der Waals surface area contributed by atoms with Gasteiger partial charge in [0.1, 0.15) is 11.5 Å². The lowest BCUT2D eigenvalue weighted by Crippen LogP contribution is -2.25. The second-order valence-electron chi connectivity index (χ2n) is 4.15. The van der Waals surface area contributed by atoms with Gasteiger partial charge in [-0.15, -0.1) is 0 Å². The summed E-state index contributed by atoms with van der Waals surface area (Å²) in [5.41, 5.74) is 1.03. The predicted molar refractivity (Wildman–Crippen MR) is 64.3 cm³/mol. The molecule has 1 aliphatic heterocycles. The molecule has 1 unspecified atom stereocenters. The van der Waals surface area contributed by atoms with Crippen LogP contribution in [0.25, 0.3) is 0 Å². The van der Waals surface area contributed by atoms with Crippen molar-refractivity contribution >= 4 is 5.91 Å². The van der Waals surface area contributed by atoms with Crippen molar-refractivity contribution in [2.24, 2.45) is 0 Å². The van der Waals surface area contributed by atoms with E-state index < -0.39 is 0 Å². The largest absolute Gasteiger partial charge is 0.497 e. The molecule has 4 nitrogen and oxygen atoms in total. The Hall–Kier alpha value is -1.71. The molecule has 1 aromatic carbocycles. The van der Waals surface area contributed by atoms with Crippen LogP contribution in [0.3, 0.4) is 0 Å². The van der Waals surface area contributed by atoms with Crippen molar-refractivity contribution in [3.8, 4) is 11.5 Å². The summed E-state index contributed by atoms with van der Waals surface area (Å²) in [5.74, 6) is 1.56. The third kappa shape index (κ3) is 2.70. The Morgan fingerprint density at radius 3 is 3.06 bits per heavy atom. The zero-order valence-corrected chi connectivity index (χ0v) is 10.2. The van der Waals surface area contributed by atoms with Crippen LogP contribution in [0.15, 0.2) is 18.2 Å². The Morgan fingerprint density at radius 1 is 1.53 bits per heavy atom. The van der Waals surface area contributed by atoms with Crippen LogP contribution in [-0.2, 0) is 4.79 Å². The first-order chi connectivity index (χ1) is 8.20. The van der Waals surface area contributed by atoms with Crippen molar-refractivity contribution in [2.75, 3.05) is 13.7 Å². The number of ether oxygens (including phenoxy) is 2. The maximum atomic E-state index is 11.2. The van der Waals surface area contributed by atoms with Crippen LogP contribution in [0.5, 0.6) is 11.5 Å². The van der Waals surface area contributed by atoms with E-state index in [1.54, 1.807) is 7.11 Å². The van der Waals surface area contributed by atoms with Gasteiger partial charge >= 0.3 is 0 Å². The first-order valence-electron chi connectivity index (χ1n) is 5.78. The molecule has 2 rings (SSSR count). The normalized spacial score (nSPS) is 18.6. The van der Waals surface area contributed by atoms with Gasteiger partial charge in [0.2, 0.25) is 5.91 Å². The molecule has 0 aliphatic carbocycles. The summed E-state index contributed by atoms with van der Waals surface area (Å²) >= 11 is 0. The summed E-state index contributed by atoms with van der Waals surface area (Å²) < 4.78 is 10.8. The summed E-state index contributed by atoms with van der Waals surface area (Å²) in [6.07, 6.45) is 1.83. The second-order valence-corrected chi connectivity index (χ2v) is 4.15. The minimum absolute atomic E-state index is 0.0151. The predicted octanol–water partition coefficient (Wildman–Crippen LogP) is 2.04. The fraction of sp³-hybridized carbons (Fsp3) is 0.462. The number of hydrogen-bond donors (Lipinski definition) is 1. The summed E-state index contributed by atoms with van der Waals surface area (Å²) in [6, 6.07) is 5.76. The van der Waals surface area contributed by atoms with E-state index >= 15 is 0 Å². The molecule has 92 valence electrons. The van der Waals surface area contributed by atoms with Gasteiger partial charge in [0, 0.05) is 18.6 Å². The van der Waals surface area contributed by atoms with Crippen LogP contribution >= 0.6 is 0 Å². The minimum Gasteiger partial charge on any atom is -0.497 e. The fourth-order valence-electron chi connectivity index (χ4n) is 2.07. The number of benzene rings is 1. The third-order valence-corrected chi connectivity index (χ3v) is 2.87. The van der Waals surface area contributed by atoms with E-state index in [9.17, 15) is 4.79 Å². The average molecular weight is 235 g/mol. The van der Waals surface area contributed by atoms with Crippen LogP contribution in [0, 0.1) is 0 Å². The van der Waals surface area contributed by atoms with E-state index in [1.165, 1.54) is 6.92 Å². The molecule has 1 atom stereocenters. The summed E-state index contributed by atoms with van der Waals surface area (Å²) in [5, 5.41) is 2.96. The highest BCUT2D eigenvalue weighted by molar-refractivity contribution is 5.73. The number of nitrogens with one attached hydrogen (secondary N) is 1. The van der Waals surface area contributed by atoms with E-state index in [2.05, 4.69) is 5.32 Å². The molecule has 1 heterocycles. The number of carbonyl (C=O) groups excluding carboxylic acids is 1. The lowest BCUT2D eigenvalue weighted by atomic mass is 10.0. The van der Waals surface area contributed by atoms with Crippen LogP contribution in [0.1, 0.15) is 31.4 Å². The molecule has 4 heteroatoms. The molecule has 0 spiro atoms. The highest BCUT2D eigenvalue weighted by atomic mass is 16.5. The molecule has 1 aliphatic rings. The highest BCUT2D eigenvalue weighted by Gasteiger charge is 2.20. The third-order valence-electron chi connectivity index (χ3n) is 2.87. The smallest absolute Gasteiger partial charge is 0.217 e. The molecule has 1 N–H and O–H groups in total. The second kappa shape index (κ2) is 5.08. The maximum absolute atomic E-state index is 11.2. The molecule has 17 heavy (non-hydrogen) atoms. The molecule has 0 fully saturated rings. The number of methoxy groups -OCH3 is 1. The molecule has 1 amide bonds. The van der Waals surface area contributed by atoms with Crippen molar-refractivity contribution < 1.29 is 14.3 Å². The Labute approximate surface area is 101 Å². The van der Waals surface area contributed by atoms with Gasteiger partial charge in [0.15, 0.2) is 0 Å². The van der Waals surface area contributed by atoms with E-state index in [0.717, 1.165) is 29.9 Å². The lowest BCUT2D eigenvalue weighted by Gasteiger charge is -2.17.